The van der Waals surface area contributed by atoms with Crippen LogP contribution >= 0.6 is 11.8 Å². The number of rotatable bonds is 7. The summed E-state index contributed by atoms with van der Waals surface area (Å²) in [7, 11) is 0. The standard InChI is InChI=1S/C18H21NOS/c1-21-18-9-7-17(8-10-18)20-13-15-4-2-3-14(11-15)12-19-16-5-6-16/h2-4,7-11,16,19H,5-6,12-13H2,1H3. The van der Waals surface area contributed by atoms with E-state index < -0.39 is 0 Å². The van der Waals surface area contributed by atoms with Crippen LogP contribution in [0.5, 0.6) is 5.75 Å². The minimum Gasteiger partial charge on any atom is -0.489 e. The molecule has 1 fully saturated rings. The van der Waals surface area contributed by atoms with Gasteiger partial charge in [0, 0.05) is 17.5 Å². The fourth-order valence-corrected chi connectivity index (χ4v) is 2.63. The molecule has 0 unspecified atom stereocenters. The Balaban J connectivity index is 1.54. The van der Waals surface area contributed by atoms with Crippen molar-refractivity contribution in [2.75, 3.05) is 6.26 Å². The van der Waals surface area contributed by atoms with Crippen molar-refractivity contribution < 1.29 is 4.74 Å². The van der Waals surface area contributed by atoms with Crippen molar-refractivity contribution in [3.05, 3.63) is 59.7 Å². The summed E-state index contributed by atoms with van der Waals surface area (Å²) >= 11 is 1.74. The van der Waals surface area contributed by atoms with Crippen molar-refractivity contribution >= 4 is 11.8 Å². The van der Waals surface area contributed by atoms with Gasteiger partial charge in [-0.1, -0.05) is 24.3 Å². The number of ether oxygens (including phenoxy) is 1. The Kier molecular flexibility index (Phi) is 4.84. The molecule has 0 spiro atoms. The quantitative estimate of drug-likeness (QED) is 0.773. The van der Waals surface area contributed by atoms with Crippen LogP contribution in [0.3, 0.4) is 0 Å². The van der Waals surface area contributed by atoms with Gasteiger partial charge in [0.25, 0.3) is 0 Å². The van der Waals surface area contributed by atoms with Gasteiger partial charge < -0.3 is 10.1 Å². The van der Waals surface area contributed by atoms with Gasteiger partial charge in [-0.3, -0.25) is 0 Å². The third-order valence-corrected chi connectivity index (χ3v) is 4.37. The lowest BCUT2D eigenvalue weighted by Gasteiger charge is -2.09. The monoisotopic (exact) mass is 299 g/mol. The minimum atomic E-state index is 0.621. The molecule has 110 valence electrons. The van der Waals surface area contributed by atoms with E-state index >= 15 is 0 Å². The first-order chi connectivity index (χ1) is 10.3. The van der Waals surface area contributed by atoms with E-state index in [2.05, 4.69) is 48.0 Å². The lowest BCUT2D eigenvalue weighted by atomic mass is 10.1. The summed E-state index contributed by atoms with van der Waals surface area (Å²) in [6.07, 6.45) is 4.74. The molecule has 2 nitrogen and oxygen atoms in total. The maximum Gasteiger partial charge on any atom is 0.119 e. The van der Waals surface area contributed by atoms with Gasteiger partial charge in [0.05, 0.1) is 0 Å². The predicted octanol–water partition coefficient (Wildman–Crippen LogP) is 4.24. The highest BCUT2D eigenvalue weighted by Gasteiger charge is 2.19. The van der Waals surface area contributed by atoms with Gasteiger partial charge in [-0.15, -0.1) is 11.8 Å². The van der Waals surface area contributed by atoms with E-state index in [9.17, 15) is 0 Å². The fourth-order valence-electron chi connectivity index (χ4n) is 2.22. The lowest BCUT2D eigenvalue weighted by Crippen LogP contribution is -2.15. The Morgan fingerprint density at radius 1 is 1.10 bits per heavy atom. The molecule has 0 aliphatic heterocycles. The van der Waals surface area contributed by atoms with Crippen LogP contribution in [0.1, 0.15) is 24.0 Å². The second-order valence-electron chi connectivity index (χ2n) is 5.44. The summed E-state index contributed by atoms with van der Waals surface area (Å²) < 4.78 is 5.85. The Labute approximate surface area is 130 Å². The normalized spacial score (nSPS) is 14.1. The van der Waals surface area contributed by atoms with Gasteiger partial charge in [0.2, 0.25) is 0 Å². The van der Waals surface area contributed by atoms with Crippen LogP contribution in [-0.2, 0) is 13.2 Å². The summed E-state index contributed by atoms with van der Waals surface area (Å²) in [5.74, 6) is 0.925. The first kappa shape index (κ1) is 14.5. The zero-order valence-corrected chi connectivity index (χ0v) is 13.2. The maximum atomic E-state index is 5.85. The van der Waals surface area contributed by atoms with Gasteiger partial charge in [0.15, 0.2) is 0 Å². The molecule has 1 aliphatic carbocycles. The number of hydrogen-bond acceptors (Lipinski definition) is 3. The molecular formula is C18H21NOS. The molecule has 2 aromatic rings. The third kappa shape index (κ3) is 4.51. The molecule has 0 atom stereocenters. The highest BCUT2D eigenvalue weighted by molar-refractivity contribution is 7.98. The van der Waals surface area contributed by atoms with Crippen molar-refractivity contribution in [2.24, 2.45) is 0 Å². The van der Waals surface area contributed by atoms with Crippen LogP contribution in [0, 0.1) is 0 Å². The molecule has 3 heteroatoms. The lowest BCUT2D eigenvalue weighted by molar-refractivity contribution is 0.306. The zero-order chi connectivity index (χ0) is 14.5. The second-order valence-corrected chi connectivity index (χ2v) is 6.32. The van der Waals surface area contributed by atoms with Gasteiger partial charge in [-0.25, -0.2) is 0 Å². The van der Waals surface area contributed by atoms with Crippen LogP contribution in [0.15, 0.2) is 53.4 Å². The molecule has 0 aromatic heterocycles. The molecule has 0 heterocycles. The van der Waals surface area contributed by atoms with Crippen LogP contribution in [0.25, 0.3) is 0 Å². The van der Waals surface area contributed by atoms with E-state index in [1.165, 1.54) is 28.9 Å². The highest BCUT2D eigenvalue weighted by Crippen LogP contribution is 2.21. The topological polar surface area (TPSA) is 21.3 Å². The maximum absolute atomic E-state index is 5.85. The largest absolute Gasteiger partial charge is 0.489 e. The number of hydrogen-bond donors (Lipinski definition) is 1. The van der Waals surface area contributed by atoms with Crippen LogP contribution in [-0.4, -0.2) is 12.3 Å². The summed E-state index contributed by atoms with van der Waals surface area (Å²) in [5, 5.41) is 3.54. The Hall–Kier alpha value is -1.45. The molecule has 21 heavy (non-hydrogen) atoms. The third-order valence-electron chi connectivity index (χ3n) is 3.63. The van der Waals surface area contributed by atoms with Gasteiger partial charge in [-0.2, -0.15) is 0 Å². The summed E-state index contributed by atoms with van der Waals surface area (Å²) in [5.41, 5.74) is 2.56. The molecule has 3 rings (SSSR count). The summed E-state index contributed by atoms with van der Waals surface area (Å²) in [6, 6.07) is 17.6. The van der Waals surface area contributed by atoms with E-state index in [0.29, 0.717) is 6.61 Å². The van der Waals surface area contributed by atoms with Crippen LogP contribution < -0.4 is 10.1 Å². The van der Waals surface area contributed by atoms with Gasteiger partial charge >= 0.3 is 0 Å². The van der Waals surface area contributed by atoms with Crippen molar-refractivity contribution in [2.45, 2.75) is 36.9 Å². The average Bonchev–Trinajstić information content (AvgIpc) is 3.36. The van der Waals surface area contributed by atoms with Crippen LogP contribution in [0.4, 0.5) is 0 Å². The number of nitrogens with one attached hydrogen (secondary N) is 1. The summed E-state index contributed by atoms with van der Waals surface area (Å²) in [6.45, 7) is 1.58. The highest BCUT2D eigenvalue weighted by atomic mass is 32.2. The van der Waals surface area contributed by atoms with Crippen molar-refractivity contribution in [3.63, 3.8) is 0 Å². The van der Waals surface area contributed by atoms with Crippen molar-refractivity contribution in [3.8, 4) is 5.75 Å². The zero-order valence-electron chi connectivity index (χ0n) is 12.3. The SMILES string of the molecule is CSc1ccc(OCc2cccc(CNC3CC3)c2)cc1. The molecule has 1 N–H and O–H groups in total. The molecule has 1 saturated carbocycles. The first-order valence-electron chi connectivity index (χ1n) is 7.41. The van der Waals surface area contributed by atoms with E-state index in [-0.39, 0.29) is 0 Å². The van der Waals surface area contributed by atoms with Crippen molar-refractivity contribution in [1.29, 1.82) is 0 Å². The summed E-state index contributed by atoms with van der Waals surface area (Å²) in [4.78, 5) is 1.26. The van der Waals surface area contributed by atoms with Gasteiger partial charge in [-0.05, 0) is 54.5 Å². The molecule has 0 bridgehead atoms. The number of benzene rings is 2. The smallest absolute Gasteiger partial charge is 0.119 e. The van der Waals surface area contributed by atoms with E-state index in [1.807, 2.05) is 12.1 Å². The Morgan fingerprint density at radius 2 is 1.86 bits per heavy atom. The molecular weight excluding hydrogens is 278 g/mol. The average molecular weight is 299 g/mol. The molecule has 0 amide bonds. The predicted molar refractivity (Wildman–Crippen MR) is 88.9 cm³/mol. The molecule has 2 aromatic carbocycles. The van der Waals surface area contributed by atoms with Crippen molar-refractivity contribution in [1.82, 2.24) is 5.32 Å². The van der Waals surface area contributed by atoms with E-state index in [1.54, 1.807) is 11.8 Å². The van der Waals surface area contributed by atoms with Crippen LogP contribution in [0.2, 0.25) is 0 Å². The van der Waals surface area contributed by atoms with E-state index in [0.717, 1.165) is 18.3 Å². The molecule has 0 saturated heterocycles. The second kappa shape index (κ2) is 7.01. The Bertz CT molecular complexity index is 578. The van der Waals surface area contributed by atoms with Gasteiger partial charge in [0.1, 0.15) is 12.4 Å². The Morgan fingerprint density at radius 3 is 2.57 bits per heavy atom. The van der Waals surface area contributed by atoms with E-state index in [4.69, 9.17) is 4.74 Å². The minimum absolute atomic E-state index is 0.621. The molecule has 1 aliphatic rings. The number of thioether (sulfide) groups is 1. The molecule has 0 radical (unpaired) electrons. The fraction of sp³-hybridized carbons (Fsp3) is 0.333. The first-order valence-corrected chi connectivity index (χ1v) is 8.64.